The maximum Gasteiger partial charge on any atom is 0.294 e. The van der Waals surface area contributed by atoms with Gasteiger partial charge in [0.2, 0.25) is 0 Å². The van der Waals surface area contributed by atoms with Crippen LogP contribution in [0.1, 0.15) is 18.5 Å². The van der Waals surface area contributed by atoms with Gasteiger partial charge in [0.05, 0.1) is 11.6 Å². The lowest BCUT2D eigenvalue weighted by molar-refractivity contribution is -0.117. The molecule has 1 amide bonds. The number of aliphatic hydroxyl groups excluding tert-OH is 1. The maximum atomic E-state index is 12.6. The molecule has 2 aromatic carbocycles. The van der Waals surface area contributed by atoms with Crippen LogP contribution in [0.15, 0.2) is 68.8 Å². The molecular formula is C18H13Br2NO3. The minimum absolute atomic E-state index is 0.116. The Balaban J connectivity index is 2.16. The fourth-order valence-electron chi connectivity index (χ4n) is 2.79. The van der Waals surface area contributed by atoms with Crippen LogP contribution in [0.3, 0.4) is 0 Å². The molecular weight excluding hydrogens is 438 g/mol. The number of hydrogen-bond acceptors (Lipinski definition) is 3. The number of anilines is 1. The number of Topliss-reactive ketones (excluding diaryl/α,β-unsaturated/α-hetero) is 1. The Bertz CT molecular complexity index is 842. The van der Waals surface area contributed by atoms with E-state index in [9.17, 15) is 14.7 Å². The SMILES string of the molecule is CC(=O)C1=C(O)C(=O)N(c2ccc(Br)cc2)[C@H]1c1ccc(Br)cc1. The molecule has 4 nitrogen and oxygen atoms in total. The summed E-state index contributed by atoms with van der Waals surface area (Å²) < 4.78 is 1.77. The lowest BCUT2D eigenvalue weighted by Crippen LogP contribution is -2.30. The average molecular weight is 451 g/mol. The van der Waals surface area contributed by atoms with Gasteiger partial charge in [-0.05, 0) is 48.9 Å². The number of benzene rings is 2. The average Bonchev–Trinajstić information content (AvgIpc) is 2.81. The van der Waals surface area contributed by atoms with E-state index < -0.39 is 17.7 Å². The van der Waals surface area contributed by atoms with E-state index in [1.807, 2.05) is 36.4 Å². The lowest BCUT2D eigenvalue weighted by atomic mass is 9.96. The summed E-state index contributed by atoms with van der Waals surface area (Å²) in [6, 6.07) is 13.8. The summed E-state index contributed by atoms with van der Waals surface area (Å²) >= 11 is 6.74. The molecule has 0 fully saturated rings. The summed E-state index contributed by atoms with van der Waals surface area (Å²) in [5.41, 5.74) is 1.48. The molecule has 0 saturated heterocycles. The van der Waals surface area contributed by atoms with Crippen molar-refractivity contribution < 1.29 is 14.7 Å². The van der Waals surface area contributed by atoms with Gasteiger partial charge >= 0.3 is 0 Å². The summed E-state index contributed by atoms with van der Waals surface area (Å²) in [6.45, 7) is 1.36. The number of aliphatic hydroxyl groups is 1. The van der Waals surface area contributed by atoms with Gasteiger partial charge in [0.15, 0.2) is 11.5 Å². The Morgan fingerprint density at radius 3 is 2.00 bits per heavy atom. The van der Waals surface area contributed by atoms with Gasteiger partial charge < -0.3 is 5.11 Å². The molecule has 0 saturated carbocycles. The van der Waals surface area contributed by atoms with Crippen LogP contribution in [0.4, 0.5) is 5.69 Å². The second kappa shape index (κ2) is 6.53. The number of nitrogens with zero attached hydrogens (tertiary/aromatic N) is 1. The van der Waals surface area contributed by atoms with Gasteiger partial charge in [0, 0.05) is 14.6 Å². The first kappa shape index (κ1) is 16.9. The number of carbonyl (C=O) groups excluding carboxylic acids is 2. The smallest absolute Gasteiger partial charge is 0.294 e. The topological polar surface area (TPSA) is 57.6 Å². The van der Waals surface area contributed by atoms with Crippen molar-refractivity contribution in [2.75, 3.05) is 4.90 Å². The van der Waals surface area contributed by atoms with E-state index >= 15 is 0 Å². The second-order valence-corrected chi connectivity index (χ2v) is 7.26. The predicted octanol–water partition coefficient (Wildman–Crippen LogP) is 4.70. The molecule has 1 heterocycles. The highest BCUT2D eigenvalue weighted by Gasteiger charge is 2.43. The molecule has 0 spiro atoms. The van der Waals surface area contributed by atoms with Gasteiger partial charge in [-0.25, -0.2) is 0 Å². The van der Waals surface area contributed by atoms with E-state index in [0.717, 1.165) is 14.5 Å². The highest BCUT2D eigenvalue weighted by molar-refractivity contribution is 9.10. The van der Waals surface area contributed by atoms with Gasteiger partial charge in [-0.15, -0.1) is 0 Å². The van der Waals surface area contributed by atoms with E-state index in [4.69, 9.17) is 0 Å². The molecule has 0 aliphatic carbocycles. The number of rotatable bonds is 3. The summed E-state index contributed by atoms with van der Waals surface area (Å²) in [5, 5.41) is 10.2. The number of halogens is 2. The monoisotopic (exact) mass is 449 g/mol. The Labute approximate surface area is 156 Å². The Morgan fingerprint density at radius 1 is 1.00 bits per heavy atom. The predicted molar refractivity (Wildman–Crippen MR) is 98.8 cm³/mol. The van der Waals surface area contributed by atoms with Crippen LogP contribution < -0.4 is 4.90 Å². The fraction of sp³-hybridized carbons (Fsp3) is 0.111. The molecule has 2 aromatic rings. The third-order valence-corrected chi connectivity index (χ3v) is 4.94. The molecule has 0 radical (unpaired) electrons. The summed E-state index contributed by atoms with van der Waals surface area (Å²) in [6.07, 6.45) is 0. The molecule has 0 aromatic heterocycles. The highest BCUT2D eigenvalue weighted by atomic mass is 79.9. The van der Waals surface area contributed by atoms with E-state index in [0.29, 0.717) is 5.69 Å². The third kappa shape index (κ3) is 2.91. The molecule has 1 N–H and O–H groups in total. The molecule has 3 rings (SSSR count). The Kier molecular flexibility index (Phi) is 4.60. The van der Waals surface area contributed by atoms with E-state index in [2.05, 4.69) is 31.9 Å². The lowest BCUT2D eigenvalue weighted by Gasteiger charge is -2.26. The maximum absolute atomic E-state index is 12.6. The summed E-state index contributed by atoms with van der Waals surface area (Å²) in [4.78, 5) is 26.1. The molecule has 0 bridgehead atoms. The van der Waals surface area contributed by atoms with Crippen LogP contribution in [-0.4, -0.2) is 16.8 Å². The molecule has 0 unspecified atom stereocenters. The van der Waals surface area contributed by atoms with Gasteiger partial charge in [0.25, 0.3) is 5.91 Å². The van der Waals surface area contributed by atoms with Crippen molar-refractivity contribution in [3.63, 3.8) is 0 Å². The molecule has 1 atom stereocenters. The molecule has 6 heteroatoms. The van der Waals surface area contributed by atoms with Crippen molar-refractivity contribution in [1.82, 2.24) is 0 Å². The van der Waals surface area contributed by atoms with Crippen LogP contribution in [0.2, 0.25) is 0 Å². The molecule has 24 heavy (non-hydrogen) atoms. The molecule has 1 aliphatic rings. The third-order valence-electron chi connectivity index (χ3n) is 3.88. The number of hydrogen-bond donors (Lipinski definition) is 1. The van der Waals surface area contributed by atoms with E-state index in [1.54, 1.807) is 12.1 Å². The number of ketones is 1. The van der Waals surface area contributed by atoms with Gasteiger partial charge in [-0.3, -0.25) is 14.5 Å². The number of carbonyl (C=O) groups is 2. The Hall–Kier alpha value is -1.92. The van der Waals surface area contributed by atoms with Crippen LogP contribution in [-0.2, 0) is 9.59 Å². The first-order chi connectivity index (χ1) is 11.4. The standard InChI is InChI=1S/C18H13Br2NO3/c1-10(22)15-16(11-2-4-12(19)5-3-11)21(18(24)17(15)23)14-8-6-13(20)7-9-14/h2-9,16,23H,1H3/t16-/m0/s1. The minimum atomic E-state index is -0.649. The highest BCUT2D eigenvalue weighted by Crippen LogP contribution is 2.41. The van der Waals surface area contributed by atoms with Crippen LogP contribution in [0, 0.1) is 0 Å². The van der Waals surface area contributed by atoms with E-state index in [-0.39, 0.29) is 11.4 Å². The van der Waals surface area contributed by atoms with Crippen molar-refractivity contribution in [3.8, 4) is 0 Å². The zero-order chi connectivity index (χ0) is 17.4. The van der Waals surface area contributed by atoms with Gasteiger partial charge in [0.1, 0.15) is 0 Å². The zero-order valence-electron chi connectivity index (χ0n) is 12.7. The van der Waals surface area contributed by atoms with Crippen molar-refractivity contribution in [2.45, 2.75) is 13.0 Å². The van der Waals surface area contributed by atoms with Crippen molar-refractivity contribution in [2.24, 2.45) is 0 Å². The fourth-order valence-corrected chi connectivity index (χ4v) is 3.32. The summed E-state index contributed by atoms with van der Waals surface area (Å²) in [7, 11) is 0. The largest absolute Gasteiger partial charge is 0.503 e. The zero-order valence-corrected chi connectivity index (χ0v) is 15.8. The normalized spacial score (nSPS) is 17.5. The molecule has 122 valence electrons. The van der Waals surface area contributed by atoms with Crippen LogP contribution >= 0.6 is 31.9 Å². The van der Waals surface area contributed by atoms with Crippen LogP contribution in [0.25, 0.3) is 0 Å². The molecule has 1 aliphatic heterocycles. The first-order valence-corrected chi connectivity index (χ1v) is 8.77. The summed E-state index contributed by atoms with van der Waals surface area (Å²) in [5.74, 6) is -1.39. The van der Waals surface area contributed by atoms with E-state index in [1.165, 1.54) is 11.8 Å². The quantitative estimate of drug-likeness (QED) is 0.737. The second-order valence-electron chi connectivity index (χ2n) is 5.42. The van der Waals surface area contributed by atoms with Crippen molar-refractivity contribution >= 4 is 49.2 Å². The van der Waals surface area contributed by atoms with Gasteiger partial charge in [-0.1, -0.05) is 44.0 Å². The van der Waals surface area contributed by atoms with Crippen molar-refractivity contribution in [1.29, 1.82) is 0 Å². The van der Waals surface area contributed by atoms with Gasteiger partial charge in [-0.2, -0.15) is 0 Å². The minimum Gasteiger partial charge on any atom is -0.503 e. The van der Waals surface area contributed by atoms with Crippen molar-refractivity contribution in [3.05, 3.63) is 74.4 Å². The number of amides is 1. The first-order valence-electron chi connectivity index (χ1n) is 7.19. The Morgan fingerprint density at radius 2 is 1.50 bits per heavy atom. The van der Waals surface area contributed by atoms with Crippen LogP contribution in [0.5, 0.6) is 0 Å².